The van der Waals surface area contributed by atoms with Crippen LogP contribution in [0.4, 0.5) is 0 Å². The van der Waals surface area contributed by atoms with Gasteiger partial charge in [-0.15, -0.1) is 0 Å². The molecule has 4 rings (SSSR count). The molecule has 3 heteroatoms. The third-order valence-electron chi connectivity index (χ3n) is 3.75. The molecule has 0 aliphatic heterocycles. The monoisotopic (exact) mass is 427 g/mol. The zero-order valence-corrected chi connectivity index (χ0v) is 16.6. The second-order valence-electron chi connectivity index (χ2n) is 5.34. The van der Waals surface area contributed by atoms with E-state index in [9.17, 15) is 4.79 Å². The van der Waals surface area contributed by atoms with Crippen LogP contribution in [0.5, 0.6) is 0 Å². The average Bonchev–Trinajstić information content (AvgIpc) is 3.28. The van der Waals surface area contributed by atoms with E-state index >= 15 is 0 Å². The van der Waals surface area contributed by atoms with Crippen molar-refractivity contribution in [1.82, 2.24) is 0 Å². The van der Waals surface area contributed by atoms with E-state index in [4.69, 9.17) is 0 Å². The fourth-order valence-corrected chi connectivity index (χ4v) is 2.65. The van der Waals surface area contributed by atoms with Crippen molar-refractivity contribution in [2.75, 3.05) is 7.11 Å². The van der Waals surface area contributed by atoms with E-state index in [1.165, 1.54) is 7.11 Å². The summed E-state index contributed by atoms with van der Waals surface area (Å²) in [6.45, 7) is 0. The summed E-state index contributed by atoms with van der Waals surface area (Å²) in [6, 6.07) is 25.0. The molecule has 7 radical (unpaired) electrons. The van der Waals surface area contributed by atoms with E-state index in [-0.39, 0.29) is 37.2 Å². The SMILES string of the molecule is COC(=O)[C@@H]1[CH][C@H]2C=C[C@@H]1C2.[HH].[Sn].[c]1ccccc1.[c]1ccccc1. The first kappa shape index (κ1) is 20.5. The van der Waals surface area contributed by atoms with Gasteiger partial charge >= 0.3 is 5.97 Å². The molecule has 0 saturated heterocycles. The summed E-state index contributed by atoms with van der Waals surface area (Å²) in [5, 5.41) is 0. The van der Waals surface area contributed by atoms with Gasteiger partial charge in [0, 0.05) is 25.3 Å². The molecule has 2 bridgehead atoms. The van der Waals surface area contributed by atoms with Crippen LogP contribution in [0.1, 0.15) is 7.85 Å². The van der Waals surface area contributed by atoms with E-state index < -0.39 is 0 Å². The number of allylic oxidation sites excluding steroid dienone is 2. The molecule has 2 aromatic carbocycles. The maximum atomic E-state index is 11.1. The van der Waals surface area contributed by atoms with Crippen LogP contribution in [0.2, 0.25) is 0 Å². The van der Waals surface area contributed by atoms with Crippen LogP contribution in [0.3, 0.4) is 0 Å². The fraction of sp³-hybridized carbons (Fsp3) is 0.238. The Labute approximate surface area is 163 Å². The maximum absolute atomic E-state index is 11.1. The van der Waals surface area contributed by atoms with Crippen LogP contribution in [0, 0.1) is 36.3 Å². The van der Waals surface area contributed by atoms with Gasteiger partial charge in [0.15, 0.2) is 0 Å². The Hall–Kier alpha value is -1.55. The zero-order valence-electron chi connectivity index (χ0n) is 13.8. The van der Waals surface area contributed by atoms with Crippen molar-refractivity contribution in [1.29, 1.82) is 0 Å². The van der Waals surface area contributed by atoms with Crippen molar-refractivity contribution in [2.45, 2.75) is 6.42 Å². The number of esters is 1. The van der Waals surface area contributed by atoms with E-state index in [1.807, 2.05) is 60.7 Å². The van der Waals surface area contributed by atoms with E-state index in [0.717, 1.165) is 6.42 Å². The van der Waals surface area contributed by atoms with E-state index in [2.05, 4.69) is 35.4 Å². The van der Waals surface area contributed by atoms with Gasteiger partial charge in [-0.25, -0.2) is 0 Å². The number of fused-ring (bicyclic) bond motifs is 2. The maximum Gasteiger partial charge on any atom is 0.309 e. The predicted molar refractivity (Wildman–Crippen MR) is 99.0 cm³/mol. The molecule has 2 aliphatic rings. The van der Waals surface area contributed by atoms with Gasteiger partial charge in [-0.2, -0.15) is 0 Å². The van der Waals surface area contributed by atoms with Gasteiger partial charge in [-0.3, -0.25) is 4.79 Å². The van der Waals surface area contributed by atoms with Crippen molar-refractivity contribution in [3.8, 4) is 0 Å². The number of benzene rings is 2. The number of carbonyl (C=O) groups is 1. The van der Waals surface area contributed by atoms with E-state index in [0.29, 0.717) is 11.8 Å². The van der Waals surface area contributed by atoms with Crippen LogP contribution in [0.15, 0.2) is 72.8 Å². The van der Waals surface area contributed by atoms with Gasteiger partial charge in [-0.1, -0.05) is 72.8 Å². The quantitative estimate of drug-likeness (QED) is 0.391. The first-order chi connectivity index (χ1) is 11.3. The Morgan fingerprint density at radius 2 is 1.50 bits per heavy atom. The number of hydrogen-bond donors (Lipinski definition) is 0. The molecule has 0 heterocycles. The van der Waals surface area contributed by atoms with E-state index in [1.54, 1.807) is 0 Å². The van der Waals surface area contributed by atoms with Crippen molar-refractivity contribution in [2.24, 2.45) is 17.8 Å². The van der Waals surface area contributed by atoms with Gasteiger partial charge < -0.3 is 4.74 Å². The molecular formula is C21H23O2Sn. The van der Waals surface area contributed by atoms with Crippen LogP contribution in [0.25, 0.3) is 0 Å². The first-order valence-corrected chi connectivity index (χ1v) is 7.74. The summed E-state index contributed by atoms with van der Waals surface area (Å²) in [4.78, 5) is 11.1. The molecule has 123 valence electrons. The summed E-state index contributed by atoms with van der Waals surface area (Å²) < 4.78 is 4.68. The van der Waals surface area contributed by atoms with Crippen LogP contribution in [-0.2, 0) is 9.53 Å². The molecule has 0 aromatic heterocycles. The molecular weight excluding hydrogens is 403 g/mol. The molecule has 0 unspecified atom stereocenters. The largest absolute Gasteiger partial charge is 0.469 e. The number of hydrogen-bond acceptors (Lipinski definition) is 2. The second kappa shape index (κ2) is 11.9. The molecule has 1 saturated carbocycles. The van der Waals surface area contributed by atoms with Crippen molar-refractivity contribution in [3.05, 3.63) is 91.4 Å². The topological polar surface area (TPSA) is 26.3 Å². The smallest absolute Gasteiger partial charge is 0.309 e. The average molecular weight is 426 g/mol. The van der Waals surface area contributed by atoms with Gasteiger partial charge in [0.25, 0.3) is 0 Å². The first-order valence-electron chi connectivity index (χ1n) is 7.74. The summed E-state index contributed by atoms with van der Waals surface area (Å²) in [7, 11) is 1.45. The Kier molecular flexibility index (Phi) is 10.2. The minimum absolute atomic E-state index is 0. The third-order valence-corrected chi connectivity index (χ3v) is 3.75. The van der Waals surface area contributed by atoms with Crippen molar-refractivity contribution in [3.63, 3.8) is 0 Å². The Morgan fingerprint density at radius 3 is 1.75 bits per heavy atom. The molecule has 1 fully saturated rings. The fourth-order valence-electron chi connectivity index (χ4n) is 2.65. The minimum atomic E-state index is -0.0816. The summed E-state index contributed by atoms with van der Waals surface area (Å²) in [5.41, 5.74) is 0. The summed E-state index contributed by atoms with van der Waals surface area (Å²) >= 11 is 0. The summed E-state index contributed by atoms with van der Waals surface area (Å²) in [6.07, 6.45) is 7.51. The second-order valence-corrected chi connectivity index (χ2v) is 5.34. The summed E-state index contributed by atoms with van der Waals surface area (Å²) in [5.74, 6) is 0.911. The molecule has 0 spiro atoms. The van der Waals surface area contributed by atoms with Gasteiger partial charge in [0.1, 0.15) is 0 Å². The predicted octanol–water partition coefficient (Wildman–Crippen LogP) is 4.02. The molecule has 0 amide bonds. The third kappa shape index (κ3) is 6.91. The van der Waals surface area contributed by atoms with Gasteiger partial charge in [0.05, 0.1) is 13.0 Å². The minimum Gasteiger partial charge on any atom is -0.469 e. The Bertz CT molecular complexity index is 504. The molecule has 3 atom stereocenters. The zero-order chi connectivity index (χ0) is 16.3. The van der Waals surface area contributed by atoms with Gasteiger partial charge in [0.2, 0.25) is 0 Å². The normalized spacial score (nSPS) is 22.1. The Morgan fingerprint density at radius 1 is 0.958 bits per heavy atom. The van der Waals surface area contributed by atoms with Gasteiger partial charge in [-0.05, 0) is 36.8 Å². The molecule has 24 heavy (non-hydrogen) atoms. The van der Waals surface area contributed by atoms with Crippen LogP contribution < -0.4 is 0 Å². The van der Waals surface area contributed by atoms with Crippen LogP contribution in [-0.4, -0.2) is 37.0 Å². The van der Waals surface area contributed by atoms with Crippen molar-refractivity contribution < 1.29 is 11.0 Å². The number of rotatable bonds is 1. The molecule has 2 aliphatic carbocycles. The Balaban J connectivity index is 0.000000357. The number of methoxy groups -OCH3 is 1. The van der Waals surface area contributed by atoms with Crippen LogP contribution >= 0.6 is 0 Å². The molecule has 0 N–H and O–H groups in total. The molecule has 2 aromatic rings. The number of ether oxygens (including phenoxy) is 1. The standard InChI is InChI=1S/C9H11O2.2C6H5.Sn.H2/c1-11-9(10)8-5-6-2-3-7(8)4-6;2*1-2-4-6-5-3-1;;/h2-3,5-8H,4H2,1H3;2*1-5H;;1H/t6-,7+,8+;;;;/m0..../s1. The molecule has 2 nitrogen and oxygen atoms in total. The number of carbonyl (C=O) groups excluding carboxylic acids is 1. The van der Waals surface area contributed by atoms with Crippen molar-refractivity contribution >= 4 is 29.9 Å².